The van der Waals surface area contributed by atoms with Crippen LogP contribution in [0.15, 0.2) is 60.7 Å². The first-order valence-electron chi connectivity index (χ1n) is 6.13. The molecule has 0 aliphatic heterocycles. The van der Waals surface area contributed by atoms with Gasteiger partial charge in [-0.15, -0.1) is 0 Å². The van der Waals surface area contributed by atoms with E-state index in [9.17, 15) is 0 Å². The molecule has 0 saturated carbocycles. The summed E-state index contributed by atoms with van der Waals surface area (Å²) in [6.45, 7) is 5.44. The van der Waals surface area contributed by atoms with Crippen LogP contribution in [0.3, 0.4) is 0 Å². The molecule has 21 heavy (non-hydrogen) atoms. The van der Waals surface area contributed by atoms with Crippen LogP contribution in [0, 0.1) is 7.43 Å². The van der Waals surface area contributed by atoms with Crippen molar-refractivity contribution in [3.05, 3.63) is 68.1 Å². The largest absolute Gasteiger partial charge is 0.358 e. The maximum absolute atomic E-state index is 8.81. The van der Waals surface area contributed by atoms with E-state index in [1.807, 2.05) is 13.8 Å². The summed E-state index contributed by atoms with van der Waals surface area (Å²) in [7, 11) is 0.777. The van der Waals surface area contributed by atoms with Crippen LogP contribution < -0.4 is 10.6 Å². The molecule has 0 unspecified atom stereocenters. The molecule has 0 saturated heterocycles. The molecule has 1 nitrogen and oxygen atoms in total. The maximum Gasteiger partial charge on any atom is 0.116 e. The summed E-state index contributed by atoms with van der Waals surface area (Å²) in [6.07, 6.45) is 0.750. The number of hydrogen-bond acceptors (Lipinski definition) is 1. The fourth-order valence-electron chi connectivity index (χ4n) is 1.21. The molecule has 0 atom stereocenters. The first-order valence-corrected chi connectivity index (χ1v) is 7.13. The molecule has 2 rings (SSSR count). The third kappa shape index (κ3) is 16.9. The SMILES string of the molecule is CC.CC=O.[CH3-].[Y].[Y].c1ccc(Pc2ccccc2)cc1. The fraction of sp³-hybridized carbons (Fsp3) is 0.176. The van der Waals surface area contributed by atoms with Gasteiger partial charge in [0, 0.05) is 65.4 Å². The standard InChI is InChI=1S/C12H11P.C2H4O.C2H6.CH3.2Y/c1-3-7-11(8-4-1)13-12-9-5-2-6-10-12;1-2-3;1-2;;;/h1-10,13H;2H,1H3;1-2H3;1H3;;/q;;;-1;;. The van der Waals surface area contributed by atoms with Gasteiger partial charge < -0.3 is 12.2 Å². The molecule has 4 heteroatoms. The van der Waals surface area contributed by atoms with Crippen LogP contribution in [-0.2, 0) is 70.2 Å². The number of carbonyl (C=O) groups excluding carboxylic acids is 1. The van der Waals surface area contributed by atoms with Crippen molar-refractivity contribution in [1.82, 2.24) is 0 Å². The van der Waals surface area contributed by atoms with E-state index >= 15 is 0 Å². The molecule has 0 aliphatic carbocycles. The van der Waals surface area contributed by atoms with Crippen molar-refractivity contribution in [3.8, 4) is 0 Å². The zero-order chi connectivity index (χ0) is 13.6. The monoisotopic (exact) mass is 453 g/mol. The van der Waals surface area contributed by atoms with Gasteiger partial charge in [0.2, 0.25) is 0 Å². The average Bonchev–Trinajstić information content (AvgIpc) is 2.44. The Morgan fingerprint density at radius 1 is 0.762 bits per heavy atom. The summed E-state index contributed by atoms with van der Waals surface area (Å²) in [6, 6.07) is 21.2. The minimum absolute atomic E-state index is 0. The maximum atomic E-state index is 8.81. The van der Waals surface area contributed by atoms with Crippen molar-refractivity contribution >= 4 is 25.5 Å². The number of benzene rings is 2. The summed E-state index contributed by atoms with van der Waals surface area (Å²) in [5.74, 6) is 0. The fourth-order valence-corrected chi connectivity index (χ4v) is 2.26. The molecular weight excluding hydrogens is 429 g/mol. The summed E-state index contributed by atoms with van der Waals surface area (Å²) < 4.78 is 0. The van der Waals surface area contributed by atoms with E-state index in [4.69, 9.17) is 4.79 Å². The summed E-state index contributed by atoms with van der Waals surface area (Å²) >= 11 is 0. The smallest absolute Gasteiger partial charge is 0.116 e. The van der Waals surface area contributed by atoms with Gasteiger partial charge in [-0.2, -0.15) is 0 Å². The van der Waals surface area contributed by atoms with Crippen LogP contribution in [0.4, 0.5) is 0 Å². The Balaban J connectivity index is -0.000000163. The second kappa shape index (κ2) is 23.0. The van der Waals surface area contributed by atoms with Gasteiger partial charge in [-0.3, -0.25) is 0 Å². The number of carbonyl (C=O) groups is 1. The first-order chi connectivity index (χ1) is 8.86. The number of aldehydes is 1. The molecule has 2 aromatic carbocycles. The molecule has 0 aliphatic rings. The summed E-state index contributed by atoms with van der Waals surface area (Å²) in [5, 5.41) is 2.79. The van der Waals surface area contributed by atoms with Crippen LogP contribution >= 0.6 is 8.58 Å². The van der Waals surface area contributed by atoms with Crippen molar-refractivity contribution in [3.63, 3.8) is 0 Å². The van der Waals surface area contributed by atoms with Gasteiger partial charge >= 0.3 is 0 Å². The minimum atomic E-state index is 0. The topological polar surface area (TPSA) is 17.1 Å². The van der Waals surface area contributed by atoms with E-state index in [0.29, 0.717) is 0 Å². The van der Waals surface area contributed by atoms with Crippen molar-refractivity contribution in [2.75, 3.05) is 0 Å². The predicted molar refractivity (Wildman–Crippen MR) is 90.0 cm³/mol. The third-order valence-corrected chi connectivity index (χ3v) is 3.08. The molecule has 0 fully saturated rings. The molecular formula is C17H24OPY2-. The van der Waals surface area contributed by atoms with Crippen LogP contribution in [0.5, 0.6) is 0 Å². The van der Waals surface area contributed by atoms with Gasteiger partial charge in [-0.1, -0.05) is 83.1 Å². The van der Waals surface area contributed by atoms with Gasteiger partial charge in [-0.25, -0.2) is 0 Å². The van der Waals surface area contributed by atoms with Gasteiger partial charge in [0.15, 0.2) is 0 Å². The second-order valence-corrected chi connectivity index (χ2v) is 4.50. The van der Waals surface area contributed by atoms with E-state index in [2.05, 4.69) is 60.7 Å². The van der Waals surface area contributed by atoms with E-state index in [1.165, 1.54) is 17.5 Å². The van der Waals surface area contributed by atoms with Crippen molar-refractivity contribution in [1.29, 1.82) is 0 Å². The number of hydrogen-bond donors (Lipinski definition) is 0. The van der Waals surface area contributed by atoms with Gasteiger partial charge in [0.25, 0.3) is 0 Å². The molecule has 0 aromatic heterocycles. The summed E-state index contributed by atoms with van der Waals surface area (Å²) in [5.41, 5.74) is 0. The van der Waals surface area contributed by atoms with Crippen molar-refractivity contribution in [2.24, 2.45) is 0 Å². The Morgan fingerprint density at radius 2 is 1.00 bits per heavy atom. The zero-order valence-corrected chi connectivity index (χ0v) is 20.1. The van der Waals surface area contributed by atoms with E-state index in [1.54, 1.807) is 0 Å². The number of rotatable bonds is 2. The molecule has 0 N–H and O–H groups in total. The Hall–Kier alpha value is 0.748. The Bertz CT molecular complexity index is 370. The second-order valence-electron chi connectivity index (χ2n) is 3.09. The average molecular weight is 453 g/mol. The molecule has 0 heterocycles. The third-order valence-electron chi connectivity index (χ3n) is 1.84. The Labute approximate surface area is 182 Å². The summed E-state index contributed by atoms with van der Waals surface area (Å²) in [4.78, 5) is 8.81. The van der Waals surface area contributed by atoms with E-state index in [0.717, 1.165) is 14.9 Å². The Morgan fingerprint density at radius 3 is 1.24 bits per heavy atom. The predicted octanol–water partition coefficient (Wildman–Crippen LogP) is 3.99. The molecule has 110 valence electrons. The quantitative estimate of drug-likeness (QED) is 0.382. The van der Waals surface area contributed by atoms with Crippen molar-refractivity contribution in [2.45, 2.75) is 20.8 Å². The molecule has 0 bridgehead atoms. The molecule has 0 spiro atoms. The molecule has 0 amide bonds. The van der Waals surface area contributed by atoms with E-state index in [-0.39, 0.29) is 72.8 Å². The van der Waals surface area contributed by atoms with Crippen LogP contribution in [0.25, 0.3) is 0 Å². The zero-order valence-electron chi connectivity index (χ0n) is 13.4. The normalized spacial score (nSPS) is 7.00. The first kappa shape index (κ1) is 29.7. The molecule has 2 aromatic rings. The van der Waals surface area contributed by atoms with Crippen LogP contribution in [0.2, 0.25) is 0 Å². The molecule has 2 radical (unpaired) electrons. The van der Waals surface area contributed by atoms with Gasteiger partial charge in [-0.05, 0) is 17.5 Å². The Kier molecular flexibility index (Phi) is 32.6. The minimum Gasteiger partial charge on any atom is -0.358 e. The van der Waals surface area contributed by atoms with Crippen LogP contribution in [-0.4, -0.2) is 6.29 Å². The van der Waals surface area contributed by atoms with Gasteiger partial charge in [0.05, 0.1) is 0 Å². The van der Waals surface area contributed by atoms with E-state index < -0.39 is 0 Å². The van der Waals surface area contributed by atoms with Crippen molar-refractivity contribution < 1.29 is 70.2 Å². The van der Waals surface area contributed by atoms with Gasteiger partial charge in [0.1, 0.15) is 6.29 Å². The van der Waals surface area contributed by atoms with Crippen LogP contribution in [0.1, 0.15) is 20.8 Å².